The molecule has 2 fully saturated rings. The molecule has 2 rings (SSSR count). The van der Waals surface area contributed by atoms with Crippen LogP contribution in [0, 0.1) is 18.3 Å². The molecule has 1 aliphatic heterocycles. The summed E-state index contributed by atoms with van der Waals surface area (Å²) in [6, 6.07) is 0. The molecule has 2 heteroatoms. The molecule has 0 spiro atoms. The maximum absolute atomic E-state index is 5.73. The summed E-state index contributed by atoms with van der Waals surface area (Å²) in [6.07, 6.45) is 9.15. The van der Waals surface area contributed by atoms with E-state index in [0.29, 0.717) is 18.6 Å². The highest BCUT2D eigenvalue weighted by molar-refractivity contribution is 5.06. The minimum absolute atomic E-state index is 0.111. The van der Waals surface area contributed by atoms with Crippen molar-refractivity contribution in [2.24, 2.45) is 5.92 Å². The second-order valence-corrected chi connectivity index (χ2v) is 5.49. The van der Waals surface area contributed by atoms with E-state index >= 15 is 0 Å². The van der Waals surface area contributed by atoms with Crippen LogP contribution in [0.4, 0.5) is 0 Å². The van der Waals surface area contributed by atoms with E-state index in [4.69, 9.17) is 15.9 Å². The van der Waals surface area contributed by atoms with E-state index in [1.807, 2.05) is 0 Å². The van der Waals surface area contributed by atoms with Gasteiger partial charge in [-0.2, -0.15) is 0 Å². The Morgan fingerprint density at radius 3 is 2.93 bits per heavy atom. The third-order valence-corrected chi connectivity index (χ3v) is 4.03. The van der Waals surface area contributed by atoms with Gasteiger partial charge in [0.15, 0.2) is 0 Å². The predicted octanol–water partition coefficient (Wildman–Crippen LogP) is 2.37. The van der Waals surface area contributed by atoms with Gasteiger partial charge in [-0.3, -0.25) is 0 Å². The van der Waals surface area contributed by atoms with Gasteiger partial charge in [0, 0.05) is 0 Å². The molecule has 1 heterocycles. The first-order valence-electron chi connectivity index (χ1n) is 5.73. The van der Waals surface area contributed by atoms with Crippen LogP contribution in [0.2, 0.25) is 0 Å². The minimum Gasteiger partial charge on any atom is -0.366 e. The van der Waals surface area contributed by atoms with Gasteiger partial charge in [0.2, 0.25) is 0 Å². The molecule has 84 valence electrons. The summed E-state index contributed by atoms with van der Waals surface area (Å²) < 4.78 is 11.4. The molecule has 0 aromatic carbocycles. The lowest BCUT2D eigenvalue weighted by atomic mass is 9.75. The zero-order valence-corrected chi connectivity index (χ0v) is 9.88. The first-order valence-corrected chi connectivity index (χ1v) is 5.73. The summed E-state index contributed by atoms with van der Waals surface area (Å²) in [5.74, 6) is 3.11. The molecule has 1 saturated heterocycles. The fourth-order valence-electron chi connectivity index (χ4n) is 2.62. The molecular weight excluding hydrogens is 188 g/mol. The smallest absolute Gasteiger partial charge is 0.108 e. The van der Waals surface area contributed by atoms with E-state index < -0.39 is 0 Å². The van der Waals surface area contributed by atoms with Crippen molar-refractivity contribution in [1.82, 2.24) is 0 Å². The van der Waals surface area contributed by atoms with Crippen molar-refractivity contribution >= 4 is 0 Å². The van der Waals surface area contributed by atoms with Gasteiger partial charge in [0.25, 0.3) is 0 Å². The van der Waals surface area contributed by atoms with Crippen molar-refractivity contribution in [3.63, 3.8) is 0 Å². The molecule has 0 amide bonds. The largest absolute Gasteiger partial charge is 0.366 e. The Bertz CT molecular complexity index is 289. The average molecular weight is 208 g/mol. The van der Waals surface area contributed by atoms with E-state index in [1.54, 1.807) is 0 Å². The lowest BCUT2D eigenvalue weighted by molar-refractivity contribution is -0.0546. The molecule has 1 aliphatic carbocycles. The second kappa shape index (κ2) is 3.50. The summed E-state index contributed by atoms with van der Waals surface area (Å²) in [4.78, 5) is 0. The first kappa shape index (κ1) is 11.0. The van der Waals surface area contributed by atoms with Crippen LogP contribution in [0.25, 0.3) is 0 Å². The summed E-state index contributed by atoms with van der Waals surface area (Å²) in [6.45, 7) is 6.90. The summed E-state index contributed by atoms with van der Waals surface area (Å²) in [7, 11) is 0. The van der Waals surface area contributed by atoms with Gasteiger partial charge in [-0.15, -0.1) is 6.42 Å². The second-order valence-electron chi connectivity index (χ2n) is 5.49. The number of rotatable bonds is 3. The minimum atomic E-state index is -0.111. The van der Waals surface area contributed by atoms with Crippen LogP contribution in [-0.2, 0) is 9.47 Å². The highest BCUT2D eigenvalue weighted by atomic mass is 16.6. The summed E-state index contributed by atoms with van der Waals surface area (Å²) >= 11 is 0. The highest BCUT2D eigenvalue weighted by Crippen LogP contribution is 2.51. The Morgan fingerprint density at radius 1 is 1.60 bits per heavy atom. The highest BCUT2D eigenvalue weighted by Gasteiger charge is 2.57. The molecule has 15 heavy (non-hydrogen) atoms. The predicted molar refractivity (Wildman–Crippen MR) is 59.5 cm³/mol. The van der Waals surface area contributed by atoms with Gasteiger partial charge in [0.1, 0.15) is 6.61 Å². The maximum Gasteiger partial charge on any atom is 0.108 e. The van der Waals surface area contributed by atoms with Gasteiger partial charge in [0.05, 0.1) is 17.3 Å². The van der Waals surface area contributed by atoms with Crippen LogP contribution in [0.1, 0.15) is 40.0 Å². The van der Waals surface area contributed by atoms with Crippen molar-refractivity contribution in [1.29, 1.82) is 0 Å². The van der Waals surface area contributed by atoms with Gasteiger partial charge in [-0.1, -0.05) is 5.92 Å². The zero-order valence-electron chi connectivity index (χ0n) is 9.88. The normalized spacial score (nSPS) is 39.3. The molecule has 1 saturated carbocycles. The van der Waals surface area contributed by atoms with E-state index in [-0.39, 0.29) is 11.2 Å². The number of hydrogen-bond donors (Lipinski definition) is 0. The van der Waals surface area contributed by atoms with Gasteiger partial charge >= 0.3 is 0 Å². The molecule has 0 bridgehead atoms. The van der Waals surface area contributed by atoms with Crippen LogP contribution >= 0.6 is 0 Å². The molecule has 0 aromatic heterocycles. The standard InChI is InChI=1S/C13H20O2/c1-5-8-14-12(2,3)10-6-7-13(4)11(9-10)15-13/h1,10-11H,6-9H2,2-4H3. The first-order chi connectivity index (χ1) is 6.98. The third-order valence-electron chi connectivity index (χ3n) is 4.03. The lowest BCUT2D eigenvalue weighted by Crippen LogP contribution is -2.39. The Morgan fingerprint density at radius 2 is 2.33 bits per heavy atom. The van der Waals surface area contributed by atoms with E-state index in [2.05, 4.69) is 26.7 Å². The van der Waals surface area contributed by atoms with Crippen molar-refractivity contribution in [3.05, 3.63) is 0 Å². The Hall–Kier alpha value is -0.520. The monoisotopic (exact) mass is 208 g/mol. The molecule has 3 atom stereocenters. The Labute approximate surface area is 92.3 Å². The van der Waals surface area contributed by atoms with Gasteiger partial charge in [-0.05, 0) is 46.0 Å². The average Bonchev–Trinajstić information content (AvgIpc) is 2.85. The SMILES string of the molecule is C#CCOC(C)(C)C1CCC2(C)OC2C1. The van der Waals surface area contributed by atoms with E-state index in [1.165, 1.54) is 6.42 Å². The van der Waals surface area contributed by atoms with Crippen LogP contribution in [0.5, 0.6) is 0 Å². The van der Waals surface area contributed by atoms with Crippen molar-refractivity contribution < 1.29 is 9.47 Å². The van der Waals surface area contributed by atoms with Crippen LogP contribution < -0.4 is 0 Å². The van der Waals surface area contributed by atoms with Crippen molar-refractivity contribution in [3.8, 4) is 12.3 Å². The maximum atomic E-state index is 5.73. The van der Waals surface area contributed by atoms with Gasteiger partial charge < -0.3 is 9.47 Å². The van der Waals surface area contributed by atoms with E-state index in [9.17, 15) is 0 Å². The molecule has 3 unspecified atom stereocenters. The summed E-state index contributed by atoms with van der Waals surface area (Å²) in [5.41, 5.74) is 0.0817. The molecule has 2 aliphatic rings. The third kappa shape index (κ3) is 2.04. The number of fused-ring (bicyclic) bond motifs is 1. The number of terminal acetylenes is 1. The Kier molecular flexibility index (Phi) is 2.56. The number of epoxide rings is 1. The fourth-order valence-corrected chi connectivity index (χ4v) is 2.62. The molecule has 2 nitrogen and oxygen atoms in total. The quantitative estimate of drug-likeness (QED) is 0.524. The number of hydrogen-bond acceptors (Lipinski definition) is 2. The molecule has 0 aromatic rings. The summed E-state index contributed by atoms with van der Waals surface area (Å²) in [5, 5.41) is 0. The molecular formula is C13H20O2. The molecule has 0 radical (unpaired) electrons. The van der Waals surface area contributed by atoms with Crippen molar-refractivity contribution in [2.75, 3.05) is 6.61 Å². The molecule has 0 N–H and O–H groups in total. The van der Waals surface area contributed by atoms with Crippen LogP contribution in [-0.4, -0.2) is 23.9 Å². The fraction of sp³-hybridized carbons (Fsp3) is 0.846. The number of ether oxygens (including phenoxy) is 2. The van der Waals surface area contributed by atoms with Crippen molar-refractivity contribution in [2.45, 2.75) is 57.3 Å². The van der Waals surface area contributed by atoms with Crippen LogP contribution in [0.3, 0.4) is 0 Å². The topological polar surface area (TPSA) is 21.8 Å². The van der Waals surface area contributed by atoms with Crippen LogP contribution in [0.15, 0.2) is 0 Å². The Balaban J connectivity index is 1.91. The lowest BCUT2D eigenvalue weighted by Gasteiger charge is -2.36. The zero-order chi connectivity index (χ0) is 11.1. The van der Waals surface area contributed by atoms with Gasteiger partial charge in [-0.25, -0.2) is 0 Å². The van der Waals surface area contributed by atoms with E-state index in [0.717, 1.165) is 12.8 Å².